The van der Waals surface area contributed by atoms with E-state index in [1.807, 2.05) is 0 Å². The molecule has 2 aromatic rings. The lowest BCUT2D eigenvalue weighted by Gasteiger charge is -2.06. The lowest BCUT2D eigenvalue weighted by atomic mass is 10.2. The van der Waals surface area contributed by atoms with E-state index in [1.165, 1.54) is 6.92 Å². The van der Waals surface area contributed by atoms with Crippen LogP contribution in [0.3, 0.4) is 0 Å². The molecule has 2 amide bonds. The van der Waals surface area contributed by atoms with Crippen molar-refractivity contribution >= 4 is 23.2 Å². The maximum atomic E-state index is 11.8. The fourth-order valence-corrected chi connectivity index (χ4v) is 1.54. The Kier molecular flexibility index (Phi) is 3.61. The Hall–Kier alpha value is -2.63. The molecular formula is C13H13N3O3. The summed E-state index contributed by atoms with van der Waals surface area (Å²) in [6, 6.07) is 8.38. The molecule has 0 fully saturated rings. The summed E-state index contributed by atoms with van der Waals surface area (Å²) in [5, 5.41) is 8.94. The zero-order valence-corrected chi connectivity index (χ0v) is 10.6. The summed E-state index contributed by atoms with van der Waals surface area (Å²) >= 11 is 0. The van der Waals surface area contributed by atoms with E-state index in [0.29, 0.717) is 17.1 Å². The maximum absolute atomic E-state index is 11.8. The second kappa shape index (κ2) is 5.34. The van der Waals surface area contributed by atoms with Gasteiger partial charge in [-0.25, -0.2) is 0 Å². The zero-order valence-electron chi connectivity index (χ0n) is 10.6. The molecule has 2 N–H and O–H groups in total. The second-order valence-corrected chi connectivity index (χ2v) is 4.05. The SMILES string of the molecule is CC(=O)Nc1cccc(NC(=O)c2cc(C)no2)c1. The first kappa shape index (κ1) is 12.8. The summed E-state index contributed by atoms with van der Waals surface area (Å²) in [5.74, 6) is -0.419. The van der Waals surface area contributed by atoms with Gasteiger partial charge in [0.2, 0.25) is 11.7 Å². The Bertz CT molecular complexity index is 619. The van der Waals surface area contributed by atoms with Gasteiger partial charge in [-0.15, -0.1) is 0 Å². The van der Waals surface area contributed by atoms with E-state index >= 15 is 0 Å². The number of anilines is 2. The van der Waals surface area contributed by atoms with Gasteiger partial charge in [0.15, 0.2) is 0 Å². The minimum Gasteiger partial charge on any atom is -0.351 e. The molecule has 0 atom stereocenters. The van der Waals surface area contributed by atoms with Crippen molar-refractivity contribution < 1.29 is 14.1 Å². The number of nitrogens with one attached hydrogen (secondary N) is 2. The molecular weight excluding hydrogens is 246 g/mol. The van der Waals surface area contributed by atoms with E-state index in [1.54, 1.807) is 37.3 Å². The van der Waals surface area contributed by atoms with Crippen LogP contribution in [0.15, 0.2) is 34.9 Å². The number of hydrogen-bond donors (Lipinski definition) is 2. The topological polar surface area (TPSA) is 84.2 Å². The van der Waals surface area contributed by atoms with E-state index in [0.717, 1.165) is 0 Å². The lowest BCUT2D eigenvalue weighted by Crippen LogP contribution is -2.11. The van der Waals surface area contributed by atoms with Crippen LogP contribution in [0.1, 0.15) is 23.2 Å². The molecule has 98 valence electrons. The van der Waals surface area contributed by atoms with Gasteiger partial charge in [0, 0.05) is 24.4 Å². The highest BCUT2D eigenvalue weighted by atomic mass is 16.5. The van der Waals surface area contributed by atoms with Crippen molar-refractivity contribution in [2.24, 2.45) is 0 Å². The van der Waals surface area contributed by atoms with Crippen molar-refractivity contribution in [3.63, 3.8) is 0 Å². The number of rotatable bonds is 3. The molecule has 6 nitrogen and oxygen atoms in total. The average Bonchev–Trinajstić information content (AvgIpc) is 2.75. The fourth-order valence-electron chi connectivity index (χ4n) is 1.54. The molecule has 2 rings (SSSR count). The van der Waals surface area contributed by atoms with Gasteiger partial charge in [0.05, 0.1) is 5.69 Å². The summed E-state index contributed by atoms with van der Waals surface area (Å²) in [4.78, 5) is 22.8. The monoisotopic (exact) mass is 259 g/mol. The number of nitrogens with zero attached hydrogens (tertiary/aromatic N) is 1. The Labute approximate surface area is 109 Å². The largest absolute Gasteiger partial charge is 0.351 e. The van der Waals surface area contributed by atoms with E-state index in [9.17, 15) is 9.59 Å². The van der Waals surface area contributed by atoms with Crippen LogP contribution < -0.4 is 10.6 Å². The number of amides is 2. The van der Waals surface area contributed by atoms with Crippen LogP contribution >= 0.6 is 0 Å². The number of benzene rings is 1. The van der Waals surface area contributed by atoms with E-state index in [4.69, 9.17) is 4.52 Å². The Morgan fingerprint density at radius 1 is 1.16 bits per heavy atom. The molecule has 0 radical (unpaired) electrons. The molecule has 0 unspecified atom stereocenters. The Balaban J connectivity index is 2.10. The lowest BCUT2D eigenvalue weighted by molar-refractivity contribution is -0.114. The summed E-state index contributed by atoms with van der Waals surface area (Å²) in [5.41, 5.74) is 1.81. The summed E-state index contributed by atoms with van der Waals surface area (Å²) < 4.78 is 4.86. The van der Waals surface area contributed by atoms with Crippen LogP contribution in [0.5, 0.6) is 0 Å². The van der Waals surface area contributed by atoms with Crippen molar-refractivity contribution in [3.05, 3.63) is 41.8 Å². The molecule has 1 heterocycles. The predicted octanol–water partition coefficient (Wildman–Crippen LogP) is 2.19. The summed E-state index contributed by atoms with van der Waals surface area (Å²) in [6.45, 7) is 3.15. The minimum atomic E-state index is -0.388. The van der Waals surface area contributed by atoms with Gasteiger partial charge in [-0.3, -0.25) is 9.59 Å². The number of aryl methyl sites for hydroxylation is 1. The molecule has 0 saturated heterocycles. The standard InChI is InChI=1S/C13H13N3O3/c1-8-6-12(19-16-8)13(18)15-11-5-3-4-10(7-11)14-9(2)17/h3-7H,1-2H3,(H,14,17)(H,15,18). The third-order valence-corrected chi connectivity index (χ3v) is 2.29. The van der Waals surface area contributed by atoms with Crippen LogP contribution in [0.2, 0.25) is 0 Å². The Morgan fingerprint density at radius 2 is 1.84 bits per heavy atom. The van der Waals surface area contributed by atoms with Gasteiger partial charge in [0.1, 0.15) is 0 Å². The van der Waals surface area contributed by atoms with Crippen molar-refractivity contribution in [1.29, 1.82) is 0 Å². The number of aromatic nitrogens is 1. The van der Waals surface area contributed by atoms with E-state index in [-0.39, 0.29) is 17.6 Å². The maximum Gasteiger partial charge on any atom is 0.294 e. The van der Waals surface area contributed by atoms with E-state index in [2.05, 4.69) is 15.8 Å². The normalized spacial score (nSPS) is 10.0. The quantitative estimate of drug-likeness (QED) is 0.884. The number of carbonyl (C=O) groups is 2. The second-order valence-electron chi connectivity index (χ2n) is 4.05. The van der Waals surface area contributed by atoms with Crippen LogP contribution in [0.4, 0.5) is 11.4 Å². The average molecular weight is 259 g/mol. The van der Waals surface area contributed by atoms with Crippen molar-refractivity contribution in [2.45, 2.75) is 13.8 Å². The molecule has 0 bridgehead atoms. The van der Waals surface area contributed by atoms with Crippen molar-refractivity contribution in [3.8, 4) is 0 Å². The van der Waals surface area contributed by atoms with Crippen molar-refractivity contribution in [2.75, 3.05) is 10.6 Å². The van der Waals surface area contributed by atoms with Gasteiger partial charge in [-0.2, -0.15) is 0 Å². The number of carbonyl (C=O) groups excluding carboxylic acids is 2. The summed E-state index contributed by atoms with van der Waals surface area (Å²) in [6.07, 6.45) is 0. The molecule has 0 aliphatic rings. The van der Waals surface area contributed by atoms with Crippen LogP contribution in [-0.2, 0) is 4.79 Å². The third-order valence-electron chi connectivity index (χ3n) is 2.29. The molecule has 0 aliphatic carbocycles. The highest BCUT2D eigenvalue weighted by molar-refractivity contribution is 6.02. The van der Waals surface area contributed by atoms with Crippen LogP contribution in [0.25, 0.3) is 0 Å². The molecule has 6 heteroatoms. The predicted molar refractivity (Wildman–Crippen MR) is 69.9 cm³/mol. The third kappa shape index (κ3) is 3.41. The van der Waals surface area contributed by atoms with Gasteiger partial charge in [-0.05, 0) is 25.1 Å². The molecule has 1 aromatic heterocycles. The first-order valence-electron chi connectivity index (χ1n) is 5.67. The molecule has 0 aliphatic heterocycles. The molecule has 0 saturated carbocycles. The van der Waals surface area contributed by atoms with Crippen molar-refractivity contribution in [1.82, 2.24) is 5.16 Å². The first-order valence-corrected chi connectivity index (χ1v) is 5.67. The van der Waals surface area contributed by atoms with Gasteiger partial charge in [-0.1, -0.05) is 11.2 Å². The molecule has 0 spiro atoms. The zero-order chi connectivity index (χ0) is 13.8. The summed E-state index contributed by atoms with van der Waals surface area (Å²) in [7, 11) is 0. The molecule has 19 heavy (non-hydrogen) atoms. The minimum absolute atomic E-state index is 0.141. The highest BCUT2D eigenvalue weighted by Crippen LogP contribution is 2.16. The fraction of sp³-hybridized carbons (Fsp3) is 0.154. The van der Waals surface area contributed by atoms with Gasteiger partial charge in [0.25, 0.3) is 5.91 Å². The number of hydrogen-bond acceptors (Lipinski definition) is 4. The highest BCUT2D eigenvalue weighted by Gasteiger charge is 2.11. The smallest absolute Gasteiger partial charge is 0.294 e. The van der Waals surface area contributed by atoms with E-state index < -0.39 is 0 Å². The molecule has 1 aromatic carbocycles. The first-order chi connectivity index (χ1) is 9.04. The van der Waals surface area contributed by atoms with Gasteiger partial charge >= 0.3 is 0 Å². The van der Waals surface area contributed by atoms with Crippen LogP contribution in [-0.4, -0.2) is 17.0 Å². The Morgan fingerprint density at radius 3 is 2.42 bits per heavy atom. The van der Waals surface area contributed by atoms with Crippen LogP contribution in [0, 0.1) is 6.92 Å². The van der Waals surface area contributed by atoms with Gasteiger partial charge < -0.3 is 15.2 Å².